The Morgan fingerprint density at radius 3 is 2.44 bits per heavy atom. The highest BCUT2D eigenvalue weighted by atomic mass is 79.9. The minimum Gasteiger partial charge on any atom is -0.452 e. The van der Waals surface area contributed by atoms with E-state index in [-0.39, 0.29) is 5.92 Å². The fraction of sp³-hybridized carbons (Fsp3) is 0.231. The fourth-order valence-corrected chi connectivity index (χ4v) is 2.79. The molecule has 0 fully saturated rings. The summed E-state index contributed by atoms with van der Waals surface area (Å²) in [5, 5.41) is 10.4. The van der Waals surface area contributed by atoms with E-state index in [2.05, 4.69) is 31.9 Å². The molecule has 2 rings (SSSR count). The van der Waals surface area contributed by atoms with Crippen LogP contribution in [0.5, 0.6) is 0 Å². The van der Waals surface area contributed by atoms with Crippen LogP contribution in [0, 0.1) is 0 Å². The van der Waals surface area contributed by atoms with Gasteiger partial charge in [-0.15, -0.1) is 0 Å². The third kappa shape index (κ3) is 2.85. The molecule has 96 valence electrons. The Morgan fingerprint density at radius 1 is 1.17 bits per heavy atom. The Kier molecular flexibility index (Phi) is 4.61. The molecule has 18 heavy (non-hydrogen) atoms. The summed E-state index contributed by atoms with van der Waals surface area (Å²) in [5.41, 5.74) is 6.76. The van der Waals surface area contributed by atoms with Gasteiger partial charge in [-0.3, -0.25) is 0 Å². The molecular weight excluding hydrogens is 362 g/mol. The van der Waals surface area contributed by atoms with Crippen LogP contribution in [-0.2, 0) is 0 Å². The maximum absolute atomic E-state index is 10.4. The van der Waals surface area contributed by atoms with Gasteiger partial charge in [0, 0.05) is 16.9 Å². The molecule has 2 unspecified atom stereocenters. The van der Waals surface area contributed by atoms with Crippen molar-refractivity contribution in [3.05, 3.63) is 56.9 Å². The maximum atomic E-state index is 10.4. The van der Waals surface area contributed by atoms with Crippen molar-refractivity contribution in [1.29, 1.82) is 0 Å². The molecule has 0 aliphatic heterocycles. The van der Waals surface area contributed by atoms with Crippen LogP contribution in [-0.4, -0.2) is 11.7 Å². The third-order valence-electron chi connectivity index (χ3n) is 2.83. The van der Waals surface area contributed by atoms with Gasteiger partial charge in [-0.2, -0.15) is 0 Å². The number of aliphatic hydroxyl groups is 1. The summed E-state index contributed by atoms with van der Waals surface area (Å²) in [6, 6.07) is 11.2. The van der Waals surface area contributed by atoms with Crippen LogP contribution in [0.2, 0.25) is 0 Å². The molecule has 1 heterocycles. The van der Waals surface area contributed by atoms with Gasteiger partial charge in [-0.1, -0.05) is 34.1 Å². The summed E-state index contributed by atoms with van der Waals surface area (Å²) in [5.74, 6) is 0.298. The van der Waals surface area contributed by atoms with Crippen LogP contribution in [0.4, 0.5) is 0 Å². The number of benzene rings is 1. The molecule has 0 saturated heterocycles. The standard InChI is InChI=1S/C13H13Br2NO2/c14-10-4-2-1-3-8(10)9(7-16)13(17)11-5-6-12(15)18-11/h1-6,9,13,17H,7,16H2. The lowest BCUT2D eigenvalue weighted by Gasteiger charge is -2.21. The van der Waals surface area contributed by atoms with E-state index < -0.39 is 6.10 Å². The Hall–Kier alpha value is -0.620. The number of hydrogen-bond donors (Lipinski definition) is 2. The zero-order chi connectivity index (χ0) is 13.1. The first-order valence-corrected chi connectivity index (χ1v) is 7.10. The van der Waals surface area contributed by atoms with Crippen LogP contribution in [0.25, 0.3) is 0 Å². The number of halogens is 2. The molecular formula is C13H13Br2NO2. The molecule has 1 aromatic heterocycles. The van der Waals surface area contributed by atoms with Crippen molar-refractivity contribution in [2.24, 2.45) is 5.73 Å². The van der Waals surface area contributed by atoms with Crippen LogP contribution in [0.15, 0.2) is 50.0 Å². The Bertz CT molecular complexity index is 527. The van der Waals surface area contributed by atoms with Crippen molar-refractivity contribution in [1.82, 2.24) is 0 Å². The number of furan rings is 1. The van der Waals surface area contributed by atoms with Gasteiger partial charge in [0.15, 0.2) is 4.67 Å². The predicted octanol–water partition coefficient (Wildman–Crippen LogP) is 3.58. The van der Waals surface area contributed by atoms with E-state index in [0.717, 1.165) is 10.0 Å². The van der Waals surface area contributed by atoms with Crippen molar-refractivity contribution in [2.75, 3.05) is 6.54 Å². The molecule has 2 aromatic rings. The molecule has 0 aliphatic carbocycles. The zero-order valence-corrected chi connectivity index (χ0v) is 12.7. The molecule has 1 aromatic carbocycles. The highest BCUT2D eigenvalue weighted by Gasteiger charge is 2.25. The van der Waals surface area contributed by atoms with Crippen molar-refractivity contribution in [2.45, 2.75) is 12.0 Å². The normalized spacial score (nSPS) is 14.4. The summed E-state index contributed by atoms with van der Waals surface area (Å²) >= 11 is 6.70. The van der Waals surface area contributed by atoms with E-state index in [4.69, 9.17) is 10.2 Å². The van der Waals surface area contributed by atoms with Crippen molar-refractivity contribution >= 4 is 31.9 Å². The van der Waals surface area contributed by atoms with E-state index in [1.54, 1.807) is 12.1 Å². The molecule has 0 aliphatic rings. The average molecular weight is 375 g/mol. The molecule has 0 saturated carbocycles. The van der Waals surface area contributed by atoms with E-state index in [1.807, 2.05) is 24.3 Å². The van der Waals surface area contributed by atoms with Gasteiger partial charge in [-0.25, -0.2) is 0 Å². The molecule has 3 N–H and O–H groups in total. The van der Waals surface area contributed by atoms with E-state index in [1.165, 1.54) is 0 Å². The second kappa shape index (κ2) is 6.02. The van der Waals surface area contributed by atoms with E-state index in [9.17, 15) is 5.11 Å². The summed E-state index contributed by atoms with van der Waals surface area (Å²) in [6.07, 6.45) is -0.764. The average Bonchev–Trinajstić information content (AvgIpc) is 2.79. The van der Waals surface area contributed by atoms with E-state index in [0.29, 0.717) is 17.0 Å². The number of hydrogen-bond acceptors (Lipinski definition) is 3. The van der Waals surface area contributed by atoms with E-state index >= 15 is 0 Å². The summed E-state index contributed by atoms with van der Waals surface area (Å²) in [4.78, 5) is 0. The first-order valence-electron chi connectivity index (χ1n) is 5.51. The fourth-order valence-electron chi connectivity index (χ4n) is 1.89. The van der Waals surface area contributed by atoms with Crippen LogP contribution >= 0.6 is 31.9 Å². The van der Waals surface area contributed by atoms with Crippen molar-refractivity contribution in [3.8, 4) is 0 Å². The predicted molar refractivity (Wildman–Crippen MR) is 77.3 cm³/mol. The quantitative estimate of drug-likeness (QED) is 0.859. The second-order valence-electron chi connectivity index (χ2n) is 3.95. The number of rotatable bonds is 4. The first-order chi connectivity index (χ1) is 8.63. The molecule has 0 spiro atoms. The SMILES string of the molecule is NCC(c1ccccc1Br)C(O)c1ccc(Br)o1. The van der Waals surface area contributed by atoms with Crippen LogP contribution in [0.1, 0.15) is 23.3 Å². The Morgan fingerprint density at radius 2 is 1.89 bits per heavy atom. The highest BCUT2D eigenvalue weighted by molar-refractivity contribution is 9.10. The van der Waals surface area contributed by atoms with Gasteiger partial charge in [0.25, 0.3) is 0 Å². The third-order valence-corrected chi connectivity index (χ3v) is 3.97. The summed E-state index contributed by atoms with van der Waals surface area (Å²) in [7, 11) is 0. The molecule has 5 heteroatoms. The molecule has 0 amide bonds. The van der Waals surface area contributed by atoms with Gasteiger partial charge >= 0.3 is 0 Å². The van der Waals surface area contributed by atoms with Gasteiger partial charge in [0.2, 0.25) is 0 Å². The lowest BCUT2D eigenvalue weighted by Crippen LogP contribution is -2.20. The second-order valence-corrected chi connectivity index (χ2v) is 5.59. The number of aliphatic hydroxyl groups excluding tert-OH is 1. The Balaban J connectivity index is 2.32. The first kappa shape index (κ1) is 13.8. The Labute approximate surface area is 122 Å². The minimum atomic E-state index is -0.764. The highest BCUT2D eigenvalue weighted by Crippen LogP contribution is 2.35. The smallest absolute Gasteiger partial charge is 0.169 e. The minimum absolute atomic E-state index is 0.210. The number of nitrogens with two attached hydrogens (primary N) is 1. The van der Waals surface area contributed by atoms with Crippen LogP contribution in [0.3, 0.4) is 0 Å². The lowest BCUT2D eigenvalue weighted by molar-refractivity contribution is 0.120. The summed E-state index contributed by atoms with van der Waals surface area (Å²) < 4.78 is 6.92. The molecule has 0 bridgehead atoms. The summed E-state index contributed by atoms with van der Waals surface area (Å²) in [6.45, 7) is 0.335. The van der Waals surface area contributed by atoms with Gasteiger partial charge in [0.1, 0.15) is 11.9 Å². The molecule has 3 nitrogen and oxygen atoms in total. The van der Waals surface area contributed by atoms with Crippen molar-refractivity contribution < 1.29 is 9.52 Å². The zero-order valence-electron chi connectivity index (χ0n) is 9.51. The van der Waals surface area contributed by atoms with Gasteiger partial charge in [0.05, 0.1) is 0 Å². The van der Waals surface area contributed by atoms with Crippen LogP contribution < -0.4 is 5.73 Å². The topological polar surface area (TPSA) is 59.4 Å². The largest absolute Gasteiger partial charge is 0.452 e. The maximum Gasteiger partial charge on any atom is 0.169 e. The van der Waals surface area contributed by atoms with Gasteiger partial charge < -0.3 is 15.3 Å². The van der Waals surface area contributed by atoms with Gasteiger partial charge in [-0.05, 0) is 39.7 Å². The van der Waals surface area contributed by atoms with Crippen molar-refractivity contribution in [3.63, 3.8) is 0 Å². The monoisotopic (exact) mass is 373 g/mol. The lowest BCUT2D eigenvalue weighted by atomic mass is 9.92. The molecule has 0 radical (unpaired) electrons. The molecule has 2 atom stereocenters.